The van der Waals surface area contributed by atoms with Crippen LogP contribution in [0.3, 0.4) is 0 Å². The molecule has 0 aliphatic carbocycles. The summed E-state index contributed by atoms with van der Waals surface area (Å²) in [5.74, 6) is -0.433. The summed E-state index contributed by atoms with van der Waals surface area (Å²) in [4.78, 5) is 12.3. The largest absolute Gasteiger partial charge is 0.348 e. The van der Waals surface area contributed by atoms with E-state index in [-0.39, 0.29) is 12.6 Å². The fourth-order valence-corrected chi connectivity index (χ4v) is 3.54. The Kier molecular flexibility index (Phi) is 6.32. The maximum Gasteiger partial charge on any atom is 0.241 e. The van der Waals surface area contributed by atoms with Crippen molar-refractivity contribution >= 4 is 44.8 Å². The average Bonchev–Trinajstić information content (AvgIpc) is 2.51. The van der Waals surface area contributed by atoms with Gasteiger partial charge in [0.05, 0.1) is 18.0 Å². The molecule has 1 atom stereocenters. The number of carbonyl (C=O) groups is 1. The van der Waals surface area contributed by atoms with Crippen molar-refractivity contribution in [3.63, 3.8) is 0 Å². The fraction of sp³-hybridized carbons (Fsp3) is 0.235. The standard InChI is InChI=1S/C17H18Cl2N2O3S/c1-12(13-5-3-6-14(18)9-13)20-17(22)11-21(25(2,23)24)16-8-4-7-15(19)10-16/h3-10,12H,11H2,1-2H3,(H,20,22). The molecule has 2 aromatic carbocycles. The van der Waals surface area contributed by atoms with Crippen molar-refractivity contribution in [1.82, 2.24) is 5.32 Å². The van der Waals surface area contributed by atoms with Crippen LogP contribution in [0.2, 0.25) is 10.0 Å². The van der Waals surface area contributed by atoms with Crippen LogP contribution in [0, 0.1) is 0 Å². The number of rotatable bonds is 6. The van der Waals surface area contributed by atoms with Crippen molar-refractivity contribution in [3.05, 3.63) is 64.1 Å². The molecule has 0 saturated heterocycles. The number of anilines is 1. The summed E-state index contributed by atoms with van der Waals surface area (Å²) in [7, 11) is -3.64. The first-order chi connectivity index (χ1) is 11.7. The fourth-order valence-electron chi connectivity index (χ4n) is 2.31. The number of amides is 1. The van der Waals surface area contributed by atoms with E-state index in [0.29, 0.717) is 15.7 Å². The molecule has 0 aliphatic heterocycles. The van der Waals surface area contributed by atoms with Gasteiger partial charge in [-0.05, 0) is 42.8 Å². The van der Waals surface area contributed by atoms with Gasteiger partial charge in [-0.1, -0.05) is 41.4 Å². The van der Waals surface area contributed by atoms with E-state index in [2.05, 4.69) is 5.32 Å². The lowest BCUT2D eigenvalue weighted by Crippen LogP contribution is -2.41. The second-order valence-corrected chi connectivity index (χ2v) is 8.37. The van der Waals surface area contributed by atoms with Gasteiger partial charge in [0, 0.05) is 10.0 Å². The molecule has 2 aromatic rings. The molecule has 0 saturated carbocycles. The topological polar surface area (TPSA) is 66.5 Å². The summed E-state index contributed by atoms with van der Waals surface area (Å²) < 4.78 is 25.1. The average molecular weight is 401 g/mol. The minimum absolute atomic E-state index is 0.313. The molecular weight excluding hydrogens is 383 g/mol. The van der Waals surface area contributed by atoms with E-state index >= 15 is 0 Å². The predicted molar refractivity (Wildman–Crippen MR) is 102 cm³/mol. The Morgan fingerprint density at radius 2 is 1.72 bits per heavy atom. The van der Waals surface area contributed by atoms with Crippen molar-refractivity contribution in [2.24, 2.45) is 0 Å². The smallest absolute Gasteiger partial charge is 0.241 e. The van der Waals surface area contributed by atoms with E-state index < -0.39 is 15.9 Å². The zero-order valence-corrected chi connectivity index (χ0v) is 16.1. The van der Waals surface area contributed by atoms with Crippen LogP contribution in [0.15, 0.2) is 48.5 Å². The molecule has 8 heteroatoms. The van der Waals surface area contributed by atoms with Crippen molar-refractivity contribution < 1.29 is 13.2 Å². The number of hydrogen-bond donors (Lipinski definition) is 1. The number of hydrogen-bond acceptors (Lipinski definition) is 3. The number of nitrogens with one attached hydrogen (secondary N) is 1. The molecular formula is C17H18Cl2N2O3S. The van der Waals surface area contributed by atoms with Crippen LogP contribution < -0.4 is 9.62 Å². The number of carbonyl (C=O) groups excluding carboxylic acids is 1. The van der Waals surface area contributed by atoms with Gasteiger partial charge in [0.25, 0.3) is 0 Å². The van der Waals surface area contributed by atoms with Crippen LogP contribution >= 0.6 is 23.2 Å². The summed E-state index contributed by atoms with van der Waals surface area (Å²) >= 11 is 11.9. The zero-order valence-electron chi connectivity index (χ0n) is 13.7. The highest BCUT2D eigenvalue weighted by Crippen LogP contribution is 2.22. The third-order valence-corrected chi connectivity index (χ3v) is 5.12. The first-order valence-corrected chi connectivity index (χ1v) is 10.1. The lowest BCUT2D eigenvalue weighted by molar-refractivity contribution is -0.120. The van der Waals surface area contributed by atoms with E-state index in [4.69, 9.17) is 23.2 Å². The highest BCUT2D eigenvalue weighted by molar-refractivity contribution is 7.92. The first kappa shape index (κ1) is 19.6. The molecule has 5 nitrogen and oxygen atoms in total. The normalized spacial score (nSPS) is 12.5. The van der Waals surface area contributed by atoms with Gasteiger partial charge >= 0.3 is 0 Å². The molecule has 0 aromatic heterocycles. The third kappa shape index (κ3) is 5.63. The first-order valence-electron chi connectivity index (χ1n) is 7.45. The van der Waals surface area contributed by atoms with Gasteiger partial charge < -0.3 is 5.32 Å². The Morgan fingerprint density at radius 1 is 1.12 bits per heavy atom. The van der Waals surface area contributed by atoms with Crippen molar-refractivity contribution in [2.75, 3.05) is 17.1 Å². The molecule has 134 valence electrons. The van der Waals surface area contributed by atoms with Crippen LogP contribution in [0.4, 0.5) is 5.69 Å². The summed E-state index contributed by atoms with van der Waals surface area (Å²) in [6, 6.07) is 13.1. The zero-order chi connectivity index (χ0) is 18.6. The van der Waals surface area contributed by atoms with Crippen molar-refractivity contribution in [1.29, 1.82) is 0 Å². The molecule has 0 spiro atoms. The minimum Gasteiger partial charge on any atom is -0.348 e. The van der Waals surface area contributed by atoms with Gasteiger partial charge in [0.15, 0.2) is 0 Å². The quantitative estimate of drug-likeness (QED) is 0.804. The molecule has 0 fully saturated rings. The molecule has 1 unspecified atom stereocenters. The monoisotopic (exact) mass is 400 g/mol. The van der Waals surface area contributed by atoms with E-state index in [1.807, 2.05) is 6.07 Å². The van der Waals surface area contributed by atoms with Gasteiger partial charge in [-0.2, -0.15) is 0 Å². The van der Waals surface area contributed by atoms with Gasteiger partial charge in [-0.3, -0.25) is 9.10 Å². The van der Waals surface area contributed by atoms with Crippen LogP contribution in [0.5, 0.6) is 0 Å². The van der Waals surface area contributed by atoms with E-state index in [9.17, 15) is 13.2 Å². The highest BCUT2D eigenvalue weighted by Gasteiger charge is 2.22. The summed E-state index contributed by atoms with van der Waals surface area (Å²) in [5.41, 5.74) is 1.16. The van der Waals surface area contributed by atoms with E-state index in [1.54, 1.807) is 43.3 Å². The highest BCUT2D eigenvalue weighted by atomic mass is 35.5. The number of halogens is 2. The maximum atomic E-state index is 12.3. The summed E-state index contributed by atoms with van der Waals surface area (Å²) in [6.07, 6.45) is 1.04. The molecule has 0 radical (unpaired) electrons. The summed E-state index contributed by atoms with van der Waals surface area (Å²) in [6.45, 7) is 1.46. The number of sulfonamides is 1. The lowest BCUT2D eigenvalue weighted by Gasteiger charge is -2.23. The Bertz CT molecular complexity index is 872. The Balaban J connectivity index is 2.15. The lowest BCUT2D eigenvalue weighted by atomic mass is 10.1. The SMILES string of the molecule is CC(NC(=O)CN(c1cccc(Cl)c1)S(C)(=O)=O)c1cccc(Cl)c1. The molecule has 1 N–H and O–H groups in total. The molecule has 2 rings (SSSR count). The van der Waals surface area contributed by atoms with Gasteiger partial charge in [0.2, 0.25) is 15.9 Å². The minimum atomic E-state index is -3.64. The van der Waals surface area contributed by atoms with Crippen LogP contribution in [0.25, 0.3) is 0 Å². The molecule has 0 heterocycles. The van der Waals surface area contributed by atoms with Crippen LogP contribution in [0.1, 0.15) is 18.5 Å². The van der Waals surface area contributed by atoms with E-state index in [1.165, 1.54) is 6.07 Å². The summed E-state index contributed by atoms with van der Waals surface area (Å²) in [5, 5.41) is 3.73. The third-order valence-electron chi connectivity index (χ3n) is 3.51. The number of nitrogens with zero attached hydrogens (tertiary/aromatic N) is 1. The second-order valence-electron chi connectivity index (χ2n) is 5.59. The van der Waals surface area contributed by atoms with Crippen LogP contribution in [-0.4, -0.2) is 27.1 Å². The molecule has 0 bridgehead atoms. The van der Waals surface area contributed by atoms with Gasteiger partial charge in [-0.15, -0.1) is 0 Å². The molecule has 25 heavy (non-hydrogen) atoms. The van der Waals surface area contributed by atoms with Crippen molar-refractivity contribution in [3.8, 4) is 0 Å². The predicted octanol–water partition coefficient (Wildman–Crippen LogP) is 3.64. The Hall–Kier alpha value is -1.76. The maximum absolute atomic E-state index is 12.3. The second kappa shape index (κ2) is 8.08. The van der Waals surface area contributed by atoms with Gasteiger partial charge in [0.1, 0.15) is 6.54 Å². The molecule has 0 aliphatic rings. The van der Waals surface area contributed by atoms with Gasteiger partial charge in [-0.25, -0.2) is 8.42 Å². The van der Waals surface area contributed by atoms with Crippen molar-refractivity contribution in [2.45, 2.75) is 13.0 Å². The Labute approximate surface area is 157 Å². The Morgan fingerprint density at radius 3 is 2.28 bits per heavy atom. The van der Waals surface area contributed by atoms with E-state index in [0.717, 1.165) is 16.1 Å². The molecule has 1 amide bonds. The number of benzene rings is 2. The van der Waals surface area contributed by atoms with Crippen LogP contribution in [-0.2, 0) is 14.8 Å².